The number of piperidine rings is 1. The molecule has 4 amide bonds. The highest BCUT2D eigenvalue weighted by Crippen LogP contribution is 2.33. The summed E-state index contributed by atoms with van der Waals surface area (Å²) in [5.74, 6) is -1.58. The number of fused-ring (bicyclic) bond motifs is 1. The van der Waals surface area contributed by atoms with Crippen LogP contribution in [0.4, 0.5) is 5.69 Å². The Balaban J connectivity index is 1.09. The predicted molar refractivity (Wildman–Crippen MR) is 151 cm³/mol. The van der Waals surface area contributed by atoms with E-state index in [9.17, 15) is 19.2 Å². The molecule has 3 aromatic rings. The third kappa shape index (κ3) is 4.98. The third-order valence-electron chi connectivity index (χ3n) is 8.22. The number of nitriles is 1. The van der Waals surface area contributed by atoms with Gasteiger partial charge in [-0.1, -0.05) is 36.4 Å². The van der Waals surface area contributed by atoms with Crippen LogP contribution in [0, 0.1) is 18.3 Å². The second-order valence-electron chi connectivity index (χ2n) is 10.9. The summed E-state index contributed by atoms with van der Waals surface area (Å²) in [7, 11) is 0. The maximum atomic E-state index is 13.3. The molecule has 3 aromatic carbocycles. The molecule has 206 valence electrons. The van der Waals surface area contributed by atoms with Crippen LogP contribution in [0.2, 0.25) is 0 Å². The fraction of sp³-hybridized carbons (Fsp3) is 0.281. The van der Waals surface area contributed by atoms with Gasteiger partial charge in [0.05, 0.1) is 22.8 Å². The molecule has 3 heterocycles. The van der Waals surface area contributed by atoms with E-state index in [1.165, 1.54) is 11.1 Å². The largest absolute Gasteiger partial charge is 0.380 e. The molecule has 1 unspecified atom stereocenters. The number of carbonyl (C=O) groups is 4. The molecule has 41 heavy (non-hydrogen) atoms. The topological polar surface area (TPSA) is 123 Å². The maximum Gasteiger partial charge on any atom is 0.264 e. The molecule has 9 heteroatoms. The van der Waals surface area contributed by atoms with Crippen molar-refractivity contribution < 1.29 is 19.2 Å². The van der Waals surface area contributed by atoms with Crippen LogP contribution in [0.1, 0.15) is 67.3 Å². The van der Waals surface area contributed by atoms with Crippen molar-refractivity contribution in [3.8, 4) is 6.07 Å². The van der Waals surface area contributed by atoms with Gasteiger partial charge in [-0.15, -0.1) is 0 Å². The van der Waals surface area contributed by atoms with Crippen molar-refractivity contribution in [1.29, 1.82) is 5.26 Å². The van der Waals surface area contributed by atoms with E-state index >= 15 is 0 Å². The van der Waals surface area contributed by atoms with Crippen molar-refractivity contribution in [2.75, 3.05) is 18.4 Å². The number of aryl methyl sites for hydroxylation is 1. The van der Waals surface area contributed by atoms with E-state index in [-0.39, 0.29) is 24.0 Å². The minimum atomic E-state index is -0.992. The van der Waals surface area contributed by atoms with E-state index in [0.717, 1.165) is 35.7 Å². The zero-order chi connectivity index (χ0) is 28.7. The predicted octanol–water partition coefficient (Wildman–Crippen LogP) is 3.48. The van der Waals surface area contributed by atoms with Gasteiger partial charge in [0.1, 0.15) is 6.04 Å². The summed E-state index contributed by atoms with van der Waals surface area (Å²) in [6.45, 7) is 5.35. The zero-order valence-electron chi connectivity index (χ0n) is 22.6. The Hall–Kier alpha value is -4.81. The summed E-state index contributed by atoms with van der Waals surface area (Å²) in [4.78, 5) is 53.8. The maximum absolute atomic E-state index is 13.3. The van der Waals surface area contributed by atoms with Crippen molar-refractivity contribution in [3.63, 3.8) is 0 Å². The summed E-state index contributed by atoms with van der Waals surface area (Å²) < 4.78 is 0. The van der Waals surface area contributed by atoms with Crippen molar-refractivity contribution in [2.45, 2.75) is 44.8 Å². The highest BCUT2D eigenvalue weighted by molar-refractivity contribution is 6.25. The summed E-state index contributed by atoms with van der Waals surface area (Å²) in [5, 5.41) is 14.5. The SMILES string of the molecule is Cc1cc(CN2CC(c3ccc(C#N)cc3)C2)ccc1CNc1cccc2c1C(=O)N(C1CCC(=O)NC1=O)C2=O. The van der Waals surface area contributed by atoms with E-state index < -0.39 is 29.7 Å². The van der Waals surface area contributed by atoms with Crippen LogP contribution in [-0.4, -0.2) is 52.6 Å². The Morgan fingerprint density at radius 1 is 1.00 bits per heavy atom. The fourth-order valence-electron chi connectivity index (χ4n) is 5.91. The van der Waals surface area contributed by atoms with E-state index in [4.69, 9.17) is 5.26 Å². The lowest BCUT2D eigenvalue weighted by molar-refractivity contribution is -0.136. The molecule has 1 atom stereocenters. The molecule has 0 aliphatic carbocycles. The second kappa shape index (κ2) is 10.6. The Bertz CT molecular complexity index is 1620. The Kier molecular flexibility index (Phi) is 6.85. The first kappa shape index (κ1) is 26.4. The van der Waals surface area contributed by atoms with Gasteiger partial charge in [-0.2, -0.15) is 5.26 Å². The Labute approximate surface area is 237 Å². The number of hydrogen-bond acceptors (Lipinski definition) is 7. The van der Waals surface area contributed by atoms with Crippen LogP contribution < -0.4 is 10.6 Å². The first-order valence-corrected chi connectivity index (χ1v) is 13.7. The van der Waals surface area contributed by atoms with Crippen molar-refractivity contribution in [3.05, 3.63) is 99.6 Å². The van der Waals surface area contributed by atoms with Gasteiger partial charge in [-0.3, -0.25) is 34.3 Å². The minimum absolute atomic E-state index is 0.0830. The number of amides is 4. The first-order chi connectivity index (χ1) is 19.8. The van der Waals surface area contributed by atoms with E-state index in [1.54, 1.807) is 18.2 Å². The highest BCUT2D eigenvalue weighted by Gasteiger charge is 2.45. The van der Waals surface area contributed by atoms with Crippen LogP contribution >= 0.6 is 0 Å². The number of carbonyl (C=O) groups excluding carboxylic acids is 4. The number of rotatable bonds is 7. The molecule has 9 nitrogen and oxygen atoms in total. The molecule has 0 spiro atoms. The van der Waals surface area contributed by atoms with E-state index in [1.807, 2.05) is 24.3 Å². The number of nitrogens with zero attached hydrogens (tertiary/aromatic N) is 3. The second-order valence-corrected chi connectivity index (χ2v) is 10.9. The summed E-state index contributed by atoms with van der Waals surface area (Å²) in [6.07, 6.45) is 0.206. The molecule has 2 fully saturated rings. The molecule has 6 rings (SSSR count). The van der Waals surface area contributed by atoms with Gasteiger partial charge in [0.25, 0.3) is 11.8 Å². The fourth-order valence-corrected chi connectivity index (χ4v) is 5.91. The molecular weight excluding hydrogens is 518 g/mol. The number of benzene rings is 3. The van der Waals surface area contributed by atoms with Gasteiger partial charge in [-0.05, 0) is 59.9 Å². The quantitative estimate of drug-likeness (QED) is 0.434. The van der Waals surface area contributed by atoms with Crippen molar-refractivity contribution in [1.82, 2.24) is 15.1 Å². The van der Waals surface area contributed by atoms with E-state index in [0.29, 0.717) is 23.7 Å². The average molecular weight is 548 g/mol. The summed E-state index contributed by atoms with van der Waals surface area (Å²) >= 11 is 0. The lowest BCUT2D eigenvalue weighted by Gasteiger charge is -2.39. The van der Waals surface area contributed by atoms with Crippen LogP contribution in [0.5, 0.6) is 0 Å². The molecule has 0 bridgehead atoms. The average Bonchev–Trinajstić information content (AvgIpc) is 3.20. The highest BCUT2D eigenvalue weighted by atomic mass is 16.2. The first-order valence-electron chi connectivity index (χ1n) is 13.7. The smallest absolute Gasteiger partial charge is 0.264 e. The van der Waals surface area contributed by atoms with Gasteiger partial charge >= 0.3 is 0 Å². The van der Waals surface area contributed by atoms with Gasteiger partial charge in [0.2, 0.25) is 11.8 Å². The van der Waals surface area contributed by atoms with E-state index in [2.05, 4.69) is 46.7 Å². The summed E-state index contributed by atoms with van der Waals surface area (Å²) in [5.41, 5.74) is 6.42. The van der Waals surface area contributed by atoms with Crippen molar-refractivity contribution in [2.24, 2.45) is 0 Å². The number of imide groups is 2. The lowest BCUT2D eigenvalue weighted by Crippen LogP contribution is -2.54. The standard InChI is InChI=1S/C32H29N5O4/c1-19-13-21(16-36-17-24(18-36)22-8-5-20(14-33)6-9-22)7-10-23(19)15-34-26-4-2-3-25-29(26)32(41)37(31(25)40)27-11-12-28(38)35-30(27)39/h2-10,13,24,27,34H,11-12,15-18H2,1H3,(H,35,38,39). The van der Waals surface area contributed by atoms with Crippen molar-refractivity contribution >= 4 is 29.3 Å². The normalized spacial score (nSPS) is 19.0. The van der Waals surface area contributed by atoms with Gasteiger partial charge < -0.3 is 5.32 Å². The molecule has 3 aliphatic rings. The minimum Gasteiger partial charge on any atom is -0.380 e. The Morgan fingerprint density at radius 3 is 2.49 bits per heavy atom. The molecule has 0 saturated carbocycles. The zero-order valence-corrected chi connectivity index (χ0v) is 22.6. The van der Waals surface area contributed by atoms with Crippen LogP contribution in [0.25, 0.3) is 0 Å². The van der Waals surface area contributed by atoms with Crippen LogP contribution in [0.3, 0.4) is 0 Å². The number of hydrogen-bond donors (Lipinski definition) is 2. The monoisotopic (exact) mass is 547 g/mol. The number of likely N-dealkylation sites (tertiary alicyclic amines) is 1. The molecule has 3 aliphatic heterocycles. The van der Waals surface area contributed by atoms with Gasteiger partial charge in [-0.25, -0.2) is 0 Å². The van der Waals surface area contributed by atoms with Crippen LogP contribution in [-0.2, 0) is 22.7 Å². The van der Waals surface area contributed by atoms with Crippen LogP contribution in [0.15, 0.2) is 60.7 Å². The summed E-state index contributed by atoms with van der Waals surface area (Å²) in [6, 6.07) is 20.5. The molecule has 2 N–H and O–H groups in total. The number of anilines is 1. The Morgan fingerprint density at radius 2 is 1.78 bits per heavy atom. The van der Waals surface area contributed by atoms with Gasteiger partial charge in [0.15, 0.2) is 0 Å². The third-order valence-corrected chi connectivity index (χ3v) is 8.22. The molecular formula is C32H29N5O4. The molecule has 0 aromatic heterocycles. The number of nitrogens with one attached hydrogen (secondary N) is 2. The lowest BCUT2D eigenvalue weighted by atomic mass is 9.90. The molecule has 2 saturated heterocycles. The molecule has 0 radical (unpaired) electrons. The van der Waals surface area contributed by atoms with Gasteiger partial charge in [0, 0.05) is 44.2 Å².